The first-order chi connectivity index (χ1) is 8.49. The molecular weight excluding hydrogens is 244 g/mol. The molecule has 0 aliphatic rings. The van der Waals surface area contributed by atoms with Gasteiger partial charge in [0.15, 0.2) is 5.96 Å². The van der Waals surface area contributed by atoms with Crippen molar-refractivity contribution in [1.29, 1.82) is 0 Å². The van der Waals surface area contributed by atoms with Gasteiger partial charge in [0.05, 0.1) is 11.6 Å². The second kappa shape index (κ2) is 7.36. The zero-order valence-electron chi connectivity index (χ0n) is 11.7. The summed E-state index contributed by atoms with van der Waals surface area (Å²) in [4.78, 5) is 8.82. The summed E-state index contributed by atoms with van der Waals surface area (Å²) in [6, 6.07) is 0. The van der Waals surface area contributed by atoms with Crippen molar-refractivity contribution in [3.05, 3.63) is 16.1 Å². The lowest BCUT2D eigenvalue weighted by molar-refractivity contribution is 0.576. The van der Waals surface area contributed by atoms with Crippen LogP contribution in [0, 0.1) is 12.8 Å². The number of thiazole rings is 1. The van der Waals surface area contributed by atoms with Gasteiger partial charge in [-0.05, 0) is 19.3 Å². The third-order valence-electron chi connectivity index (χ3n) is 2.62. The minimum atomic E-state index is 0.328. The minimum absolute atomic E-state index is 0.328. The van der Waals surface area contributed by atoms with E-state index in [4.69, 9.17) is 5.73 Å². The number of aryl methyl sites for hydroxylation is 1. The van der Waals surface area contributed by atoms with E-state index in [1.54, 1.807) is 11.3 Å². The Morgan fingerprint density at radius 2 is 2.22 bits per heavy atom. The Bertz CT molecular complexity index is 384. The van der Waals surface area contributed by atoms with E-state index in [-0.39, 0.29) is 0 Å². The molecule has 0 aliphatic heterocycles. The smallest absolute Gasteiger partial charge is 0.188 e. The molecule has 1 heterocycles. The first-order valence-electron chi connectivity index (χ1n) is 6.45. The van der Waals surface area contributed by atoms with E-state index in [0.717, 1.165) is 23.7 Å². The maximum atomic E-state index is 5.81. The monoisotopic (exact) mass is 268 g/mol. The van der Waals surface area contributed by atoms with Gasteiger partial charge in [-0.25, -0.2) is 4.98 Å². The lowest BCUT2D eigenvalue weighted by atomic mass is 10.1. The van der Waals surface area contributed by atoms with Crippen LogP contribution in [0.2, 0.25) is 0 Å². The SMILES string of the molecule is Cc1csc(C(C)CN=C(N)NCCC(C)C)n1. The largest absolute Gasteiger partial charge is 0.370 e. The second-order valence-electron chi connectivity index (χ2n) is 5.06. The molecular formula is C13H24N4S. The molecule has 0 radical (unpaired) electrons. The zero-order chi connectivity index (χ0) is 13.5. The highest BCUT2D eigenvalue weighted by atomic mass is 32.1. The summed E-state index contributed by atoms with van der Waals surface area (Å²) in [5, 5.41) is 6.34. The molecule has 3 N–H and O–H groups in total. The van der Waals surface area contributed by atoms with Crippen molar-refractivity contribution in [2.45, 2.75) is 40.0 Å². The fourth-order valence-electron chi connectivity index (χ4n) is 1.46. The molecule has 5 heteroatoms. The van der Waals surface area contributed by atoms with Crippen LogP contribution in [0.4, 0.5) is 0 Å². The van der Waals surface area contributed by atoms with E-state index in [2.05, 4.69) is 41.4 Å². The number of nitrogens with zero attached hydrogens (tertiary/aromatic N) is 2. The summed E-state index contributed by atoms with van der Waals surface area (Å²) in [6.45, 7) is 10.1. The molecule has 1 rings (SSSR count). The van der Waals surface area contributed by atoms with Gasteiger partial charge < -0.3 is 11.1 Å². The molecule has 0 fully saturated rings. The number of hydrogen-bond donors (Lipinski definition) is 2. The van der Waals surface area contributed by atoms with Crippen LogP contribution in [-0.4, -0.2) is 24.0 Å². The van der Waals surface area contributed by atoms with E-state index in [0.29, 0.717) is 24.3 Å². The van der Waals surface area contributed by atoms with Crippen LogP contribution in [0.5, 0.6) is 0 Å². The van der Waals surface area contributed by atoms with E-state index in [9.17, 15) is 0 Å². The topological polar surface area (TPSA) is 63.3 Å². The van der Waals surface area contributed by atoms with E-state index in [1.807, 2.05) is 6.92 Å². The van der Waals surface area contributed by atoms with Crippen molar-refractivity contribution < 1.29 is 0 Å². The molecule has 0 saturated heterocycles. The standard InChI is InChI=1S/C13H24N4S/c1-9(2)5-6-15-13(14)16-7-10(3)12-17-11(4)8-18-12/h8-10H,5-7H2,1-4H3,(H3,14,15,16). The summed E-state index contributed by atoms with van der Waals surface area (Å²) in [6.07, 6.45) is 1.11. The molecule has 0 saturated carbocycles. The molecule has 1 unspecified atom stereocenters. The van der Waals surface area contributed by atoms with Gasteiger partial charge in [-0.15, -0.1) is 11.3 Å². The van der Waals surface area contributed by atoms with E-state index < -0.39 is 0 Å². The highest BCUT2D eigenvalue weighted by molar-refractivity contribution is 7.09. The van der Waals surface area contributed by atoms with Crippen molar-refractivity contribution in [2.24, 2.45) is 16.6 Å². The van der Waals surface area contributed by atoms with Gasteiger partial charge >= 0.3 is 0 Å². The molecule has 1 aromatic rings. The summed E-state index contributed by atoms with van der Waals surface area (Å²) >= 11 is 1.69. The Labute approximate surface area is 114 Å². The average Bonchev–Trinajstić information content (AvgIpc) is 2.72. The first kappa shape index (κ1) is 15.0. The minimum Gasteiger partial charge on any atom is -0.370 e. The number of aromatic nitrogens is 1. The second-order valence-corrected chi connectivity index (χ2v) is 5.95. The van der Waals surface area contributed by atoms with E-state index >= 15 is 0 Å². The third-order valence-corrected chi connectivity index (χ3v) is 3.82. The number of nitrogens with one attached hydrogen (secondary N) is 1. The van der Waals surface area contributed by atoms with Gasteiger partial charge in [0.2, 0.25) is 0 Å². The van der Waals surface area contributed by atoms with Crippen LogP contribution in [0.25, 0.3) is 0 Å². The summed E-state index contributed by atoms with van der Waals surface area (Å²) in [5.74, 6) is 1.55. The Morgan fingerprint density at radius 1 is 1.50 bits per heavy atom. The summed E-state index contributed by atoms with van der Waals surface area (Å²) in [5.41, 5.74) is 6.89. The molecule has 1 atom stereocenters. The first-order valence-corrected chi connectivity index (χ1v) is 7.32. The number of hydrogen-bond acceptors (Lipinski definition) is 3. The van der Waals surface area contributed by atoms with Crippen molar-refractivity contribution in [3.63, 3.8) is 0 Å². The van der Waals surface area contributed by atoms with Crippen LogP contribution in [0.15, 0.2) is 10.4 Å². The van der Waals surface area contributed by atoms with Crippen molar-refractivity contribution in [1.82, 2.24) is 10.3 Å². The quantitative estimate of drug-likeness (QED) is 0.615. The lowest BCUT2D eigenvalue weighted by Crippen LogP contribution is -2.33. The van der Waals surface area contributed by atoms with Crippen LogP contribution in [0.3, 0.4) is 0 Å². The predicted molar refractivity (Wildman–Crippen MR) is 79.2 cm³/mol. The maximum Gasteiger partial charge on any atom is 0.188 e. The van der Waals surface area contributed by atoms with Crippen LogP contribution < -0.4 is 11.1 Å². The van der Waals surface area contributed by atoms with Crippen LogP contribution >= 0.6 is 11.3 Å². The van der Waals surface area contributed by atoms with Gasteiger partial charge in [0.1, 0.15) is 0 Å². The average molecular weight is 268 g/mol. The molecule has 0 bridgehead atoms. The van der Waals surface area contributed by atoms with Crippen molar-refractivity contribution in [3.8, 4) is 0 Å². The number of rotatable bonds is 6. The molecule has 0 aromatic carbocycles. The number of guanidine groups is 1. The number of nitrogens with two attached hydrogens (primary N) is 1. The molecule has 4 nitrogen and oxygen atoms in total. The molecule has 102 valence electrons. The van der Waals surface area contributed by atoms with Gasteiger partial charge in [-0.2, -0.15) is 0 Å². The molecule has 0 amide bonds. The fourth-order valence-corrected chi connectivity index (χ4v) is 2.30. The van der Waals surface area contributed by atoms with Crippen molar-refractivity contribution in [2.75, 3.05) is 13.1 Å². The van der Waals surface area contributed by atoms with Gasteiger partial charge in [0.25, 0.3) is 0 Å². The Morgan fingerprint density at radius 3 is 2.78 bits per heavy atom. The Hall–Kier alpha value is -1.10. The normalized spacial score (nSPS) is 13.9. The van der Waals surface area contributed by atoms with Crippen LogP contribution in [-0.2, 0) is 0 Å². The summed E-state index contributed by atoms with van der Waals surface area (Å²) < 4.78 is 0. The predicted octanol–water partition coefficient (Wildman–Crippen LogP) is 2.51. The van der Waals surface area contributed by atoms with Crippen LogP contribution in [0.1, 0.15) is 43.8 Å². The van der Waals surface area contributed by atoms with Crippen molar-refractivity contribution >= 4 is 17.3 Å². The third kappa shape index (κ3) is 5.49. The Balaban J connectivity index is 2.33. The Kier molecular flexibility index (Phi) is 6.12. The fraction of sp³-hybridized carbons (Fsp3) is 0.692. The zero-order valence-corrected chi connectivity index (χ0v) is 12.5. The van der Waals surface area contributed by atoms with Gasteiger partial charge in [-0.3, -0.25) is 4.99 Å². The summed E-state index contributed by atoms with van der Waals surface area (Å²) in [7, 11) is 0. The number of aliphatic imine (C=N–C) groups is 1. The lowest BCUT2D eigenvalue weighted by Gasteiger charge is -2.09. The van der Waals surface area contributed by atoms with Gasteiger partial charge in [0, 0.05) is 23.5 Å². The highest BCUT2D eigenvalue weighted by Crippen LogP contribution is 2.19. The molecule has 0 spiro atoms. The highest BCUT2D eigenvalue weighted by Gasteiger charge is 2.08. The van der Waals surface area contributed by atoms with E-state index in [1.165, 1.54) is 0 Å². The molecule has 18 heavy (non-hydrogen) atoms. The maximum absolute atomic E-state index is 5.81. The molecule has 1 aromatic heterocycles. The van der Waals surface area contributed by atoms with Gasteiger partial charge in [-0.1, -0.05) is 20.8 Å². The molecule has 0 aliphatic carbocycles.